The molecule has 2 rings (SSSR count). The zero-order chi connectivity index (χ0) is 14.6. The first-order valence-electron chi connectivity index (χ1n) is 7.18. The lowest BCUT2D eigenvalue weighted by atomic mass is 10.0. The Morgan fingerprint density at radius 3 is 2.85 bits per heavy atom. The summed E-state index contributed by atoms with van der Waals surface area (Å²) in [5, 5.41) is 10.4. The minimum Gasteiger partial charge on any atom is -0.388 e. The minimum atomic E-state index is -0.700. The number of hydrogen-bond acceptors (Lipinski definition) is 3. The van der Waals surface area contributed by atoms with E-state index >= 15 is 0 Å². The lowest BCUT2D eigenvalue weighted by Crippen LogP contribution is -2.42. The van der Waals surface area contributed by atoms with E-state index in [1.807, 2.05) is 22.9 Å². The molecule has 112 valence electrons. The van der Waals surface area contributed by atoms with Gasteiger partial charge in [-0.2, -0.15) is 0 Å². The first kappa shape index (κ1) is 15.1. The van der Waals surface area contributed by atoms with Gasteiger partial charge in [-0.15, -0.1) is 0 Å². The van der Waals surface area contributed by atoms with Crippen molar-refractivity contribution in [1.29, 1.82) is 0 Å². The molecule has 5 heteroatoms. The number of carbonyl (C=O) groups excluding carboxylic acids is 1. The van der Waals surface area contributed by atoms with Crippen LogP contribution in [0.2, 0.25) is 0 Å². The molecule has 0 radical (unpaired) electrons. The zero-order valence-electron chi connectivity index (χ0n) is 12.3. The first-order valence-corrected chi connectivity index (χ1v) is 7.18. The van der Waals surface area contributed by atoms with Crippen molar-refractivity contribution in [2.45, 2.75) is 37.8 Å². The van der Waals surface area contributed by atoms with E-state index < -0.39 is 5.60 Å². The van der Waals surface area contributed by atoms with Crippen LogP contribution in [0.1, 0.15) is 36.2 Å². The molecule has 1 heterocycles. The Kier molecular flexibility index (Phi) is 4.83. The fourth-order valence-electron chi connectivity index (χ4n) is 2.89. The third-order valence-corrected chi connectivity index (χ3v) is 4.00. The van der Waals surface area contributed by atoms with Crippen molar-refractivity contribution in [2.75, 3.05) is 27.3 Å². The van der Waals surface area contributed by atoms with Gasteiger partial charge in [-0.3, -0.25) is 4.79 Å². The summed E-state index contributed by atoms with van der Waals surface area (Å²) >= 11 is 0. The van der Waals surface area contributed by atoms with E-state index in [4.69, 9.17) is 4.74 Å². The summed E-state index contributed by atoms with van der Waals surface area (Å²) in [5.41, 5.74) is -0.0555. The predicted molar refractivity (Wildman–Crippen MR) is 76.7 cm³/mol. The van der Waals surface area contributed by atoms with Gasteiger partial charge in [0.2, 0.25) is 0 Å². The maximum atomic E-state index is 12.5. The molecule has 0 spiro atoms. The third-order valence-electron chi connectivity index (χ3n) is 4.00. The number of aliphatic hydroxyl groups is 1. The molecule has 1 fully saturated rings. The summed E-state index contributed by atoms with van der Waals surface area (Å²) in [6.07, 6.45) is 5.54. The Bertz CT molecular complexity index is 450. The molecule has 1 saturated carbocycles. The van der Waals surface area contributed by atoms with Crippen LogP contribution in [-0.2, 0) is 11.3 Å². The van der Waals surface area contributed by atoms with E-state index in [9.17, 15) is 9.90 Å². The van der Waals surface area contributed by atoms with E-state index in [1.54, 1.807) is 19.1 Å². The van der Waals surface area contributed by atoms with Crippen molar-refractivity contribution in [1.82, 2.24) is 9.47 Å². The molecular formula is C15H24N2O3. The van der Waals surface area contributed by atoms with Crippen LogP contribution >= 0.6 is 0 Å². The van der Waals surface area contributed by atoms with Gasteiger partial charge in [0.1, 0.15) is 5.69 Å². The van der Waals surface area contributed by atoms with Crippen molar-refractivity contribution in [2.24, 2.45) is 0 Å². The molecule has 1 N–H and O–H groups in total. The van der Waals surface area contributed by atoms with Gasteiger partial charge < -0.3 is 19.3 Å². The molecule has 0 bridgehead atoms. The second kappa shape index (κ2) is 6.41. The van der Waals surface area contributed by atoms with Crippen LogP contribution < -0.4 is 0 Å². The maximum absolute atomic E-state index is 12.5. The molecular weight excluding hydrogens is 256 g/mol. The van der Waals surface area contributed by atoms with Gasteiger partial charge in [-0.05, 0) is 25.0 Å². The molecule has 0 aromatic carbocycles. The summed E-state index contributed by atoms with van der Waals surface area (Å²) in [6.45, 7) is 1.63. The van der Waals surface area contributed by atoms with Crippen LogP contribution in [0.25, 0.3) is 0 Å². The molecule has 5 nitrogen and oxygen atoms in total. The number of carbonyl (C=O) groups is 1. The van der Waals surface area contributed by atoms with Crippen LogP contribution in [0.5, 0.6) is 0 Å². The average molecular weight is 280 g/mol. The van der Waals surface area contributed by atoms with Gasteiger partial charge in [0.25, 0.3) is 5.91 Å². The SMILES string of the molecule is COCCn1cccc1C(=O)N(C)CC1(O)CCCC1. The Labute approximate surface area is 120 Å². The Morgan fingerprint density at radius 2 is 2.20 bits per heavy atom. The molecule has 0 saturated heterocycles. The molecule has 20 heavy (non-hydrogen) atoms. The fraction of sp³-hybridized carbons (Fsp3) is 0.667. The van der Waals surface area contributed by atoms with Crippen molar-refractivity contribution >= 4 is 5.91 Å². The first-order chi connectivity index (χ1) is 9.56. The normalized spacial score (nSPS) is 17.4. The quantitative estimate of drug-likeness (QED) is 0.859. The van der Waals surface area contributed by atoms with Crippen LogP contribution in [0.4, 0.5) is 0 Å². The number of rotatable bonds is 6. The summed E-state index contributed by atoms with van der Waals surface area (Å²) in [7, 11) is 3.40. The molecule has 0 unspecified atom stereocenters. The summed E-state index contributed by atoms with van der Waals surface area (Å²) in [6, 6.07) is 3.67. The van der Waals surface area contributed by atoms with Crippen LogP contribution in [0, 0.1) is 0 Å². The smallest absolute Gasteiger partial charge is 0.270 e. The van der Waals surface area contributed by atoms with Gasteiger partial charge in [0.15, 0.2) is 0 Å². The van der Waals surface area contributed by atoms with E-state index in [-0.39, 0.29) is 5.91 Å². The number of likely N-dealkylation sites (N-methyl/N-ethyl adjacent to an activating group) is 1. The number of ether oxygens (including phenoxy) is 1. The monoisotopic (exact) mass is 280 g/mol. The van der Waals surface area contributed by atoms with Crippen molar-refractivity contribution in [3.05, 3.63) is 24.0 Å². The Morgan fingerprint density at radius 1 is 1.50 bits per heavy atom. The topological polar surface area (TPSA) is 54.7 Å². The minimum absolute atomic E-state index is 0.0496. The highest BCUT2D eigenvalue weighted by molar-refractivity contribution is 5.92. The lowest BCUT2D eigenvalue weighted by Gasteiger charge is -2.28. The zero-order valence-corrected chi connectivity index (χ0v) is 12.3. The van der Waals surface area contributed by atoms with Gasteiger partial charge in [0, 0.05) is 33.4 Å². The van der Waals surface area contributed by atoms with Crippen LogP contribution in [0.15, 0.2) is 18.3 Å². The molecule has 1 aromatic heterocycles. The number of hydrogen-bond donors (Lipinski definition) is 1. The number of amides is 1. The average Bonchev–Trinajstić information content (AvgIpc) is 3.04. The molecule has 0 atom stereocenters. The van der Waals surface area contributed by atoms with Gasteiger partial charge in [0.05, 0.1) is 12.2 Å². The van der Waals surface area contributed by atoms with E-state index in [1.165, 1.54) is 0 Å². The lowest BCUT2D eigenvalue weighted by molar-refractivity contribution is 0.0152. The highest BCUT2D eigenvalue weighted by Crippen LogP contribution is 2.30. The van der Waals surface area contributed by atoms with E-state index in [0.717, 1.165) is 25.7 Å². The van der Waals surface area contributed by atoms with Crippen LogP contribution in [0.3, 0.4) is 0 Å². The summed E-state index contributed by atoms with van der Waals surface area (Å²) in [4.78, 5) is 14.1. The molecule has 1 aliphatic rings. The molecule has 1 aromatic rings. The van der Waals surface area contributed by atoms with Gasteiger partial charge in [-0.25, -0.2) is 0 Å². The molecule has 0 aliphatic heterocycles. The predicted octanol–water partition coefficient (Wildman–Crippen LogP) is 1.51. The fourth-order valence-corrected chi connectivity index (χ4v) is 2.89. The van der Waals surface area contributed by atoms with Crippen molar-refractivity contribution in [3.63, 3.8) is 0 Å². The van der Waals surface area contributed by atoms with Crippen LogP contribution in [-0.4, -0.2) is 53.4 Å². The molecule has 1 amide bonds. The summed E-state index contributed by atoms with van der Waals surface area (Å²) < 4.78 is 6.94. The Balaban J connectivity index is 2.01. The standard InChI is InChI=1S/C15H24N2O3/c1-16(12-15(19)7-3-4-8-15)14(18)13-6-5-9-17(13)10-11-20-2/h5-6,9,19H,3-4,7-8,10-12H2,1-2H3. The van der Waals surface area contributed by atoms with E-state index in [0.29, 0.717) is 25.4 Å². The second-order valence-electron chi connectivity index (χ2n) is 5.67. The van der Waals surface area contributed by atoms with Gasteiger partial charge in [-0.1, -0.05) is 12.8 Å². The largest absolute Gasteiger partial charge is 0.388 e. The van der Waals surface area contributed by atoms with E-state index in [2.05, 4.69) is 0 Å². The number of aromatic nitrogens is 1. The molecule has 1 aliphatic carbocycles. The highest BCUT2D eigenvalue weighted by atomic mass is 16.5. The third kappa shape index (κ3) is 3.41. The summed E-state index contributed by atoms with van der Waals surface area (Å²) in [5.74, 6) is -0.0496. The van der Waals surface area contributed by atoms with Crippen molar-refractivity contribution in [3.8, 4) is 0 Å². The second-order valence-corrected chi connectivity index (χ2v) is 5.67. The maximum Gasteiger partial charge on any atom is 0.270 e. The van der Waals surface area contributed by atoms with Crippen molar-refractivity contribution < 1.29 is 14.6 Å². The highest BCUT2D eigenvalue weighted by Gasteiger charge is 2.33. The Hall–Kier alpha value is -1.33. The number of nitrogens with zero attached hydrogens (tertiary/aromatic N) is 2. The number of methoxy groups -OCH3 is 1. The van der Waals surface area contributed by atoms with Gasteiger partial charge >= 0.3 is 0 Å².